The smallest absolute Gasteiger partial charge is 0.243 e. The largest absolute Gasteiger partial charge is 0.361 e. The third-order valence-electron chi connectivity index (χ3n) is 2.62. The molecule has 0 saturated carbocycles. The van der Waals surface area contributed by atoms with Gasteiger partial charge in [-0.2, -0.15) is 9.57 Å². The van der Waals surface area contributed by atoms with Gasteiger partial charge in [-0.1, -0.05) is 15.9 Å². The Morgan fingerprint density at radius 1 is 1.39 bits per heavy atom. The van der Waals surface area contributed by atoms with Gasteiger partial charge in [0.1, 0.15) is 0 Å². The molecule has 1 aromatic carbocycles. The molecule has 18 heavy (non-hydrogen) atoms. The Bertz CT molecular complexity index is 565. The summed E-state index contributed by atoms with van der Waals surface area (Å²) in [5.74, 6) is 0. The molecule has 0 radical (unpaired) electrons. The summed E-state index contributed by atoms with van der Waals surface area (Å²) in [6, 6.07) is 8.36. The van der Waals surface area contributed by atoms with Gasteiger partial charge < -0.3 is 4.74 Å². The van der Waals surface area contributed by atoms with Crippen molar-refractivity contribution in [3.63, 3.8) is 0 Å². The SMILES string of the molecule is N#CC1CN(S(=O)(=O)c2ccc(Br)cc2)CCO1. The first-order valence-corrected chi connectivity index (χ1v) is 7.54. The number of benzene rings is 1. The van der Waals surface area contributed by atoms with Crippen molar-refractivity contribution in [1.29, 1.82) is 5.26 Å². The molecule has 1 aliphatic rings. The molecule has 1 aliphatic heterocycles. The number of sulfonamides is 1. The van der Waals surface area contributed by atoms with Crippen molar-refractivity contribution >= 4 is 26.0 Å². The van der Waals surface area contributed by atoms with Crippen molar-refractivity contribution in [3.8, 4) is 6.07 Å². The zero-order valence-electron chi connectivity index (χ0n) is 9.41. The Labute approximate surface area is 114 Å². The third-order valence-corrected chi connectivity index (χ3v) is 5.03. The van der Waals surface area contributed by atoms with E-state index >= 15 is 0 Å². The van der Waals surface area contributed by atoms with Crippen molar-refractivity contribution < 1.29 is 13.2 Å². The summed E-state index contributed by atoms with van der Waals surface area (Å²) in [5, 5.41) is 8.78. The van der Waals surface area contributed by atoms with Gasteiger partial charge in [-0.3, -0.25) is 0 Å². The molecule has 1 fully saturated rings. The number of nitriles is 1. The summed E-state index contributed by atoms with van der Waals surface area (Å²) in [7, 11) is -3.54. The molecular formula is C11H11BrN2O3S. The molecule has 0 aromatic heterocycles. The molecule has 7 heteroatoms. The van der Waals surface area contributed by atoms with Gasteiger partial charge in [0.15, 0.2) is 6.10 Å². The Hall–Kier alpha value is -0.940. The first-order valence-electron chi connectivity index (χ1n) is 5.31. The zero-order chi connectivity index (χ0) is 13.2. The first-order chi connectivity index (χ1) is 8.54. The van der Waals surface area contributed by atoms with E-state index in [0.29, 0.717) is 0 Å². The molecule has 0 aliphatic carbocycles. The predicted octanol–water partition coefficient (Wildman–Crippen LogP) is 1.36. The van der Waals surface area contributed by atoms with Gasteiger partial charge in [-0.25, -0.2) is 8.42 Å². The van der Waals surface area contributed by atoms with E-state index in [4.69, 9.17) is 10.00 Å². The lowest BCUT2D eigenvalue weighted by Crippen LogP contribution is -2.44. The second-order valence-electron chi connectivity index (χ2n) is 3.81. The monoisotopic (exact) mass is 330 g/mol. The molecule has 2 rings (SSSR count). The molecule has 0 N–H and O–H groups in total. The minimum absolute atomic E-state index is 0.0783. The van der Waals surface area contributed by atoms with Crippen molar-refractivity contribution in [2.45, 2.75) is 11.0 Å². The lowest BCUT2D eigenvalue weighted by molar-refractivity contribution is 0.0311. The van der Waals surface area contributed by atoms with Crippen LogP contribution in [-0.2, 0) is 14.8 Å². The zero-order valence-corrected chi connectivity index (χ0v) is 11.8. The summed E-state index contributed by atoms with van der Waals surface area (Å²) < 4.78 is 31.8. The van der Waals surface area contributed by atoms with Crippen LogP contribution in [0, 0.1) is 11.3 Å². The van der Waals surface area contributed by atoms with Crippen molar-refractivity contribution in [2.75, 3.05) is 19.7 Å². The fourth-order valence-electron chi connectivity index (χ4n) is 1.68. The number of rotatable bonds is 2. The normalized spacial score (nSPS) is 21.4. The standard InChI is InChI=1S/C11H11BrN2O3S/c12-9-1-3-11(4-2-9)18(15,16)14-5-6-17-10(7-13)8-14/h1-4,10H,5-6,8H2. The topological polar surface area (TPSA) is 70.4 Å². The van der Waals surface area contributed by atoms with Gasteiger partial charge in [0.25, 0.3) is 0 Å². The molecule has 1 atom stereocenters. The quantitative estimate of drug-likeness (QED) is 0.820. The van der Waals surface area contributed by atoms with Crippen LogP contribution in [0.25, 0.3) is 0 Å². The molecule has 1 saturated heterocycles. The van der Waals surface area contributed by atoms with E-state index in [0.717, 1.165) is 4.47 Å². The maximum absolute atomic E-state index is 12.3. The van der Waals surface area contributed by atoms with E-state index < -0.39 is 16.1 Å². The van der Waals surface area contributed by atoms with E-state index in [1.807, 2.05) is 6.07 Å². The van der Waals surface area contributed by atoms with E-state index in [-0.39, 0.29) is 24.6 Å². The van der Waals surface area contributed by atoms with Crippen LogP contribution in [0.15, 0.2) is 33.6 Å². The Morgan fingerprint density at radius 2 is 2.06 bits per heavy atom. The van der Waals surface area contributed by atoms with Crippen LogP contribution in [0.2, 0.25) is 0 Å². The average Bonchev–Trinajstić information content (AvgIpc) is 2.39. The Morgan fingerprint density at radius 3 is 2.67 bits per heavy atom. The number of morpholine rings is 1. The number of halogens is 1. The van der Waals surface area contributed by atoms with Crippen molar-refractivity contribution in [2.24, 2.45) is 0 Å². The fraction of sp³-hybridized carbons (Fsp3) is 0.364. The molecular weight excluding hydrogens is 320 g/mol. The van der Waals surface area contributed by atoms with Gasteiger partial charge >= 0.3 is 0 Å². The van der Waals surface area contributed by atoms with Crippen LogP contribution in [0.4, 0.5) is 0 Å². The second kappa shape index (κ2) is 5.36. The van der Waals surface area contributed by atoms with Crippen molar-refractivity contribution in [3.05, 3.63) is 28.7 Å². The minimum Gasteiger partial charge on any atom is -0.361 e. The number of ether oxygens (including phenoxy) is 1. The summed E-state index contributed by atoms with van der Waals surface area (Å²) in [6.45, 7) is 0.597. The molecule has 5 nitrogen and oxygen atoms in total. The number of hydrogen-bond donors (Lipinski definition) is 0. The van der Waals surface area contributed by atoms with Gasteiger partial charge in [0.2, 0.25) is 10.0 Å². The van der Waals surface area contributed by atoms with Crippen LogP contribution < -0.4 is 0 Å². The molecule has 0 amide bonds. The van der Waals surface area contributed by atoms with E-state index in [1.54, 1.807) is 12.1 Å². The maximum atomic E-state index is 12.3. The molecule has 1 heterocycles. The lowest BCUT2D eigenvalue weighted by atomic mass is 10.3. The highest BCUT2D eigenvalue weighted by atomic mass is 79.9. The summed E-state index contributed by atoms with van der Waals surface area (Å²) >= 11 is 3.26. The lowest BCUT2D eigenvalue weighted by Gasteiger charge is -2.28. The van der Waals surface area contributed by atoms with Crippen LogP contribution in [0.3, 0.4) is 0 Å². The van der Waals surface area contributed by atoms with E-state index in [2.05, 4.69) is 15.9 Å². The highest BCUT2D eigenvalue weighted by Gasteiger charge is 2.30. The van der Waals surface area contributed by atoms with Gasteiger partial charge in [0, 0.05) is 11.0 Å². The second-order valence-corrected chi connectivity index (χ2v) is 6.66. The van der Waals surface area contributed by atoms with Gasteiger partial charge in [-0.15, -0.1) is 0 Å². The first kappa shape index (κ1) is 13.5. The average molecular weight is 331 g/mol. The maximum Gasteiger partial charge on any atom is 0.243 e. The highest BCUT2D eigenvalue weighted by Crippen LogP contribution is 2.20. The Balaban J connectivity index is 2.26. The number of hydrogen-bond acceptors (Lipinski definition) is 4. The highest BCUT2D eigenvalue weighted by molar-refractivity contribution is 9.10. The Kier molecular flexibility index (Phi) is 4.02. The van der Waals surface area contributed by atoms with Crippen LogP contribution >= 0.6 is 15.9 Å². The van der Waals surface area contributed by atoms with Crippen LogP contribution in [0.5, 0.6) is 0 Å². The summed E-state index contributed by atoms with van der Waals surface area (Å²) in [6.07, 6.45) is -0.691. The van der Waals surface area contributed by atoms with E-state index in [1.165, 1.54) is 16.4 Å². The minimum atomic E-state index is -3.54. The summed E-state index contributed by atoms with van der Waals surface area (Å²) in [4.78, 5) is 0.226. The van der Waals surface area contributed by atoms with Crippen LogP contribution in [-0.4, -0.2) is 38.5 Å². The van der Waals surface area contributed by atoms with E-state index in [9.17, 15) is 8.42 Å². The fourth-order valence-corrected chi connectivity index (χ4v) is 3.37. The third kappa shape index (κ3) is 2.72. The molecule has 0 spiro atoms. The molecule has 1 unspecified atom stereocenters. The summed E-state index contributed by atoms with van der Waals surface area (Å²) in [5.41, 5.74) is 0. The molecule has 96 valence electrons. The van der Waals surface area contributed by atoms with Crippen LogP contribution in [0.1, 0.15) is 0 Å². The predicted molar refractivity (Wildman–Crippen MR) is 68.3 cm³/mol. The van der Waals surface area contributed by atoms with Gasteiger partial charge in [0.05, 0.1) is 24.1 Å². The molecule has 1 aromatic rings. The van der Waals surface area contributed by atoms with Gasteiger partial charge in [-0.05, 0) is 24.3 Å². The molecule has 0 bridgehead atoms. The van der Waals surface area contributed by atoms with Crippen molar-refractivity contribution in [1.82, 2.24) is 4.31 Å². The number of nitrogens with zero attached hydrogens (tertiary/aromatic N) is 2.